The summed E-state index contributed by atoms with van der Waals surface area (Å²) < 4.78 is 5.31. The van der Waals surface area contributed by atoms with Crippen LogP contribution in [0.4, 0.5) is 0 Å². The minimum absolute atomic E-state index is 0.0236. The molecule has 1 atom stereocenters. The zero-order chi connectivity index (χ0) is 15.7. The monoisotopic (exact) mass is 295 g/mol. The van der Waals surface area contributed by atoms with Crippen molar-refractivity contribution in [1.82, 2.24) is 15.3 Å². The number of nitrogens with one attached hydrogen (secondary N) is 2. The highest BCUT2D eigenvalue weighted by Gasteiger charge is 2.46. The predicted molar refractivity (Wildman–Crippen MR) is 74.9 cm³/mol. The minimum atomic E-state index is -1.06. The number of nitrogens with zero attached hydrogens (tertiary/aromatic N) is 1. The van der Waals surface area contributed by atoms with Crippen LogP contribution < -0.4 is 5.32 Å². The number of aromatic nitrogens is 2. The van der Waals surface area contributed by atoms with Crippen molar-refractivity contribution in [3.8, 4) is 0 Å². The molecule has 7 heteroatoms. The van der Waals surface area contributed by atoms with Crippen LogP contribution in [0.15, 0.2) is 6.20 Å². The molecule has 1 unspecified atom stereocenters. The summed E-state index contributed by atoms with van der Waals surface area (Å²) in [6.07, 6.45) is 4.24. The van der Waals surface area contributed by atoms with E-state index in [1.54, 1.807) is 6.92 Å². The number of aromatic amines is 1. The average Bonchev–Trinajstić information content (AvgIpc) is 2.91. The number of carboxylic acid groups (broad SMARTS) is 1. The number of rotatable bonds is 6. The van der Waals surface area contributed by atoms with Gasteiger partial charge in [0.25, 0.3) is 5.91 Å². The van der Waals surface area contributed by atoms with Crippen molar-refractivity contribution in [1.29, 1.82) is 0 Å². The molecule has 1 heterocycles. The first-order chi connectivity index (χ1) is 9.87. The van der Waals surface area contributed by atoms with Gasteiger partial charge >= 0.3 is 5.97 Å². The van der Waals surface area contributed by atoms with Crippen molar-refractivity contribution < 1.29 is 19.4 Å². The first-order valence-electron chi connectivity index (χ1n) is 7.03. The molecule has 1 amide bonds. The topological polar surface area (TPSA) is 104 Å². The molecule has 1 aromatic rings. The van der Waals surface area contributed by atoms with Gasteiger partial charge in [-0.15, -0.1) is 0 Å². The van der Waals surface area contributed by atoms with Crippen LogP contribution >= 0.6 is 0 Å². The second kappa shape index (κ2) is 5.48. The molecule has 3 N–H and O–H groups in total. The van der Waals surface area contributed by atoms with Gasteiger partial charge in [0.05, 0.1) is 11.7 Å². The van der Waals surface area contributed by atoms with E-state index in [4.69, 9.17) is 9.84 Å². The summed E-state index contributed by atoms with van der Waals surface area (Å²) in [4.78, 5) is 30.3. The number of hydrogen-bond donors (Lipinski definition) is 3. The molecule has 0 spiro atoms. The average molecular weight is 295 g/mol. The maximum absolute atomic E-state index is 12.5. The van der Waals surface area contributed by atoms with Gasteiger partial charge in [-0.3, -0.25) is 4.79 Å². The molecule has 0 saturated heterocycles. The SMILES string of the molecule is CCC(C)(OC)C(=O)NC1(c2ncc(C(=O)O)[nH]2)CCC1. The summed E-state index contributed by atoms with van der Waals surface area (Å²) in [5.41, 5.74) is -1.49. The Morgan fingerprint density at radius 1 is 1.57 bits per heavy atom. The van der Waals surface area contributed by atoms with E-state index in [0.717, 1.165) is 19.3 Å². The third-order valence-electron chi connectivity index (χ3n) is 4.42. The van der Waals surface area contributed by atoms with Crippen LogP contribution in [0.2, 0.25) is 0 Å². The van der Waals surface area contributed by atoms with Crippen LogP contribution in [0, 0.1) is 0 Å². The Morgan fingerprint density at radius 3 is 2.62 bits per heavy atom. The normalized spacial score (nSPS) is 19.4. The summed E-state index contributed by atoms with van der Waals surface area (Å²) in [7, 11) is 1.51. The third-order valence-corrected chi connectivity index (χ3v) is 4.42. The second-order valence-electron chi connectivity index (χ2n) is 5.63. The fourth-order valence-electron chi connectivity index (χ4n) is 2.37. The molecule has 1 fully saturated rings. The Bertz CT molecular complexity index is 544. The molecule has 116 valence electrons. The lowest BCUT2D eigenvalue weighted by Crippen LogP contribution is -2.57. The van der Waals surface area contributed by atoms with E-state index in [1.165, 1.54) is 13.3 Å². The summed E-state index contributed by atoms with van der Waals surface area (Å²) in [6.45, 7) is 3.62. The van der Waals surface area contributed by atoms with Crippen LogP contribution in [0.5, 0.6) is 0 Å². The van der Waals surface area contributed by atoms with Gasteiger partial charge in [0.15, 0.2) is 0 Å². The van der Waals surface area contributed by atoms with Crippen LogP contribution in [0.1, 0.15) is 55.8 Å². The fourth-order valence-corrected chi connectivity index (χ4v) is 2.37. The highest BCUT2D eigenvalue weighted by molar-refractivity contribution is 5.86. The molecule has 1 aromatic heterocycles. The summed E-state index contributed by atoms with van der Waals surface area (Å²) in [5, 5.41) is 12.0. The van der Waals surface area contributed by atoms with Crippen molar-refractivity contribution in [2.75, 3.05) is 7.11 Å². The molecule has 1 saturated carbocycles. The molecule has 21 heavy (non-hydrogen) atoms. The zero-order valence-corrected chi connectivity index (χ0v) is 12.5. The van der Waals surface area contributed by atoms with Crippen LogP contribution in [-0.2, 0) is 15.1 Å². The largest absolute Gasteiger partial charge is 0.477 e. The lowest BCUT2D eigenvalue weighted by molar-refractivity contribution is -0.145. The molecular weight excluding hydrogens is 274 g/mol. The van der Waals surface area contributed by atoms with E-state index in [9.17, 15) is 9.59 Å². The highest BCUT2D eigenvalue weighted by atomic mass is 16.5. The number of imidazole rings is 1. The molecular formula is C14H21N3O4. The van der Waals surface area contributed by atoms with Crippen molar-refractivity contribution in [2.24, 2.45) is 0 Å². The lowest BCUT2D eigenvalue weighted by Gasteiger charge is -2.42. The van der Waals surface area contributed by atoms with E-state index in [2.05, 4.69) is 15.3 Å². The molecule has 0 aromatic carbocycles. The third kappa shape index (κ3) is 2.65. The van der Waals surface area contributed by atoms with Gasteiger partial charge in [-0.25, -0.2) is 9.78 Å². The Hall–Kier alpha value is -1.89. The Labute approximate surface area is 123 Å². The molecule has 2 rings (SSSR count). The number of H-pyrrole nitrogens is 1. The zero-order valence-electron chi connectivity index (χ0n) is 12.5. The van der Waals surface area contributed by atoms with E-state index in [-0.39, 0.29) is 11.6 Å². The number of methoxy groups -OCH3 is 1. The van der Waals surface area contributed by atoms with Gasteiger partial charge < -0.3 is 20.1 Å². The van der Waals surface area contributed by atoms with Gasteiger partial charge in [-0.1, -0.05) is 6.92 Å². The number of hydrogen-bond acceptors (Lipinski definition) is 4. The molecule has 0 bridgehead atoms. The van der Waals surface area contributed by atoms with E-state index in [0.29, 0.717) is 12.2 Å². The number of carboxylic acids is 1. The number of ether oxygens (including phenoxy) is 1. The number of carbonyl (C=O) groups excluding carboxylic acids is 1. The first kappa shape index (κ1) is 15.5. The standard InChI is InChI=1S/C14H21N3O4/c1-4-13(2,21-3)12(20)17-14(6-5-7-14)11-15-8-9(16-11)10(18)19/h8H,4-7H2,1-3H3,(H,15,16)(H,17,20)(H,18,19). The highest BCUT2D eigenvalue weighted by Crippen LogP contribution is 2.40. The Kier molecular flexibility index (Phi) is 4.04. The van der Waals surface area contributed by atoms with Crippen LogP contribution in [0.25, 0.3) is 0 Å². The van der Waals surface area contributed by atoms with Crippen molar-refractivity contribution in [2.45, 2.75) is 50.7 Å². The Balaban J connectivity index is 2.22. The summed E-state index contributed by atoms with van der Waals surface area (Å²) in [6, 6.07) is 0. The van der Waals surface area contributed by atoms with E-state index >= 15 is 0 Å². The molecule has 0 radical (unpaired) electrons. The van der Waals surface area contributed by atoms with E-state index in [1.807, 2.05) is 6.92 Å². The lowest BCUT2D eigenvalue weighted by atomic mass is 9.75. The summed E-state index contributed by atoms with van der Waals surface area (Å²) in [5.74, 6) is -0.778. The van der Waals surface area contributed by atoms with Gasteiger partial charge in [0.2, 0.25) is 0 Å². The fraction of sp³-hybridized carbons (Fsp3) is 0.643. The van der Waals surface area contributed by atoms with Gasteiger partial charge in [-0.05, 0) is 32.6 Å². The van der Waals surface area contributed by atoms with Crippen molar-refractivity contribution >= 4 is 11.9 Å². The van der Waals surface area contributed by atoms with Gasteiger partial charge in [-0.2, -0.15) is 0 Å². The maximum atomic E-state index is 12.5. The second-order valence-corrected chi connectivity index (χ2v) is 5.63. The number of aromatic carboxylic acids is 1. The minimum Gasteiger partial charge on any atom is -0.477 e. The molecule has 1 aliphatic carbocycles. The molecule has 0 aliphatic heterocycles. The first-order valence-corrected chi connectivity index (χ1v) is 7.03. The number of amides is 1. The quantitative estimate of drug-likeness (QED) is 0.736. The van der Waals surface area contributed by atoms with Crippen molar-refractivity contribution in [3.63, 3.8) is 0 Å². The van der Waals surface area contributed by atoms with Crippen LogP contribution in [-0.4, -0.2) is 39.7 Å². The number of carbonyl (C=O) groups is 2. The van der Waals surface area contributed by atoms with Crippen molar-refractivity contribution in [3.05, 3.63) is 17.7 Å². The van der Waals surface area contributed by atoms with Gasteiger partial charge in [0.1, 0.15) is 17.1 Å². The Morgan fingerprint density at radius 2 is 2.24 bits per heavy atom. The predicted octanol–water partition coefficient (Wildman–Crippen LogP) is 1.42. The summed E-state index contributed by atoms with van der Waals surface area (Å²) >= 11 is 0. The van der Waals surface area contributed by atoms with Gasteiger partial charge in [0, 0.05) is 7.11 Å². The molecule has 1 aliphatic rings. The van der Waals surface area contributed by atoms with Crippen LogP contribution in [0.3, 0.4) is 0 Å². The smallest absolute Gasteiger partial charge is 0.353 e. The van der Waals surface area contributed by atoms with E-state index < -0.39 is 17.1 Å². The molecule has 7 nitrogen and oxygen atoms in total. The maximum Gasteiger partial charge on any atom is 0.353 e.